The summed E-state index contributed by atoms with van der Waals surface area (Å²) in [6.07, 6.45) is 7.39. The highest BCUT2D eigenvalue weighted by molar-refractivity contribution is 8.27. The molecule has 0 aromatic heterocycles. The van der Waals surface area contributed by atoms with Crippen LogP contribution in [0.3, 0.4) is 0 Å². The zero-order chi connectivity index (χ0) is 23.7. The van der Waals surface area contributed by atoms with Crippen LogP contribution in [-0.4, -0.2) is 32.9 Å². The van der Waals surface area contributed by atoms with Crippen LogP contribution in [0.2, 0.25) is 5.02 Å². The van der Waals surface area contributed by atoms with Crippen molar-refractivity contribution in [1.29, 1.82) is 5.41 Å². The maximum atomic E-state index is 12.7. The number of nitrogens with zero attached hydrogens (tertiary/aromatic N) is 3. The fourth-order valence-corrected chi connectivity index (χ4v) is 5.38. The summed E-state index contributed by atoms with van der Waals surface area (Å²) in [5.74, 6) is -0.278. The molecule has 3 aliphatic rings. The molecule has 0 radical (unpaired) electrons. The minimum Gasteiger partial charge on any atom is -0.423 e. The van der Waals surface area contributed by atoms with Gasteiger partial charge in [0.2, 0.25) is 5.17 Å². The molecule has 0 spiro atoms. The predicted octanol–water partition coefficient (Wildman–Crippen LogP) is 5.76. The summed E-state index contributed by atoms with van der Waals surface area (Å²) in [6, 6.07) is 13.3. The minimum absolute atomic E-state index is 0.0162. The summed E-state index contributed by atoms with van der Waals surface area (Å²) < 4.78 is 5.39. The van der Waals surface area contributed by atoms with Gasteiger partial charge in [-0.2, -0.15) is 15.1 Å². The molecule has 2 aromatic rings. The van der Waals surface area contributed by atoms with Crippen molar-refractivity contribution < 1.29 is 14.3 Å². The molecule has 1 aliphatic carbocycles. The van der Waals surface area contributed by atoms with Gasteiger partial charge < -0.3 is 4.74 Å². The van der Waals surface area contributed by atoms with E-state index in [0.29, 0.717) is 27.4 Å². The lowest BCUT2D eigenvalue weighted by Crippen LogP contribution is -2.35. The molecule has 1 N–H and O–H groups in total. The Bertz CT molecular complexity index is 1260. The average Bonchev–Trinajstić information content (AvgIpc) is 3.28. The lowest BCUT2D eigenvalue weighted by molar-refractivity contribution is -0.114. The number of amidine groups is 2. The molecule has 0 saturated heterocycles. The van der Waals surface area contributed by atoms with Crippen molar-refractivity contribution in [2.24, 2.45) is 16.0 Å². The highest BCUT2D eigenvalue weighted by Crippen LogP contribution is 2.36. The van der Waals surface area contributed by atoms with Crippen molar-refractivity contribution in [3.05, 3.63) is 70.3 Å². The zero-order valence-corrected chi connectivity index (χ0v) is 19.7. The Morgan fingerprint density at radius 2 is 1.85 bits per heavy atom. The van der Waals surface area contributed by atoms with Gasteiger partial charge in [0.25, 0.3) is 5.91 Å². The number of hydrogen-bond donors (Lipinski definition) is 1. The largest absolute Gasteiger partial charge is 0.423 e. The molecule has 2 aliphatic heterocycles. The van der Waals surface area contributed by atoms with Gasteiger partial charge in [-0.25, -0.2) is 4.79 Å². The molecule has 2 heterocycles. The quantitative estimate of drug-likeness (QED) is 0.332. The number of amides is 1. The van der Waals surface area contributed by atoms with E-state index < -0.39 is 11.9 Å². The van der Waals surface area contributed by atoms with Crippen LogP contribution >= 0.6 is 23.4 Å². The van der Waals surface area contributed by atoms with E-state index in [0.717, 1.165) is 17.9 Å². The highest BCUT2D eigenvalue weighted by atomic mass is 35.5. The van der Waals surface area contributed by atoms with Gasteiger partial charge in [-0.3, -0.25) is 10.2 Å². The van der Waals surface area contributed by atoms with Crippen LogP contribution in [0.4, 0.5) is 0 Å². The second kappa shape index (κ2) is 9.56. The number of esters is 1. The van der Waals surface area contributed by atoms with E-state index in [2.05, 4.69) is 10.1 Å². The number of aliphatic imine (C=N–C) groups is 1. The third-order valence-electron chi connectivity index (χ3n) is 5.92. The summed E-state index contributed by atoms with van der Waals surface area (Å²) in [6.45, 7) is 0. The number of nitrogens with one attached hydrogen (secondary N) is 1. The van der Waals surface area contributed by atoms with Crippen LogP contribution in [0, 0.1) is 11.3 Å². The Balaban J connectivity index is 1.31. The van der Waals surface area contributed by atoms with Gasteiger partial charge in [0.15, 0.2) is 5.84 Å². The van der Waals surface area contributed by atoms with Gasteiger partial charge >= 0.3 is 5.97 Å². The summed E-state index contributed by atoms with van der Waals surface area (Å²) >= 11 is 7.45. The van der Waals surface area contributed by atoms with Crippen LogP contribution in [0.25, 0.3) is 6.08 Å². The zero-order valence-electron chi connectivity index (χ0n) is 18.2. The van der Waals surface area contributed by atoms with Crippen LogP contribution < -0.4 is 4.74 Å². The number of thioether (sulfide) groups is 1. The van der Waals surface area contributed by atoms with Gasteiger partial charge in [-0.1, -0.05) is 55.1 Å². The van der Waals surface area contributed by atoms with Crippen molar-refractivity contribution >= 4 is 57.4 Å². The molecule has 7 nitrogen and oxygen atoms in total. The second-order valence-corrected chi connectivity index (χ2v) is 9.63. The normalized spacial score (nSPS) is 19.7. The van der Waals surface area contributed by atoms with E-state index in [1.807, 2.05) is 0 Å². The Morgan fingerprint density at radius 1 is 1.12 bits per heavy atom. The SMILES string of the molecule is N=C1/C(=C/c2ccc(OC(=O)c3ccccc3Cl)cc2)C(=O)N=C2SC(C3CCCCC3)=NN12. The Morgan fingerprint density at radius 3 is 2.59 bits per heavy atom. The average molecular weight is 493 g/mol. The number of fused-ring (bicyclic) bond motifs is 1. The topological polar surface area (TPSA) is 95.2 Å². The number of benzene rings is 2. The number of halogens is 1. The lowest BCUT2D eigenvalue weighted by atomic mass is 9.90. The van der Waals surface area contributed by atoms with Crippen molar-refractivity contribution in [2.45, 2.75) is 32.1 Å². The third-order valence-corrected chi connectivity index (χ3v) is 7.32. The summed E-state index contributed by atoms with van der Waals surface area (Å²) in [5, 5.41) is 16.4. The first-order valence-electron chi connectivity index (χ1n) is 11.1. The molecule has 9 heteroatoms. The lowest BCUT2D eigenvalue weighted by Gasteiger charge is -2.20. The number of rotatable bonds is 4. The monoisotopic (exact) mass is 492 g/mol. The molecule has 1 amide bonds. The van der Waals surface area contributed by atoms with Crippen molar-refractivity contribution in [3.8, 4) is 5.75 Å². The standard InChI is InChI=1S/C25H21ClN4O3S/c26-20-9-5-4-8-18(20)24(32)33-17-12-10-15(11-13-17)14-19-21(27)30-25(28-22(19)31)34-23(29-30)16-6-2-1-3-7-16/h4-5,8-14,16,27H,1-3,6-7H2/b19-14-,27-21?. The maximum Gasteiger partial charge on any atom is 0.345 e. The van der Waals surface area contributed by atoms with E-state index in [-0.39, 0.29) is 17.0 Å². The summed E-state index contributed by atoms with van der Waals surface area (Å²) in [4.78, 5) is 29.2. The van der Waals surface area contributed by atoms with Crippen LogP contribution in [0.5, 0.6) is 5.75 Å². The van der Waals surface area contributed by atoms with E-state index in [4.69, 9.17) is 21.7 Å². The summed E-state index contributed by atoms with van der Waals surface area (Å²) in [7, 11) is 0. The molecule has 2 aromatic carbocycles. The molecule has 34 heavy (non-hydrogen) atoms. The molecule has 0 bridgehead atoms. The van der Waals surface area contributed by atoms with Gasteiger partial charge in [-0.05, 0) is 60.5 Å². The molecule has 0 atom stereocenters. The first-order valence-corrected chi connectivity index (χ1v) is 12.3. The van der Waals surface area contributed by atoms with Crippen LogP contribution in [0.15, 0.2) is 64.2 Å². The van der Waals surface area contributed by atoms with Gasteiger partial charge in [0.05, 0.1) is 16.2 Å². The van der Waals surface area contributed by atoms with Crippen LogP contribution in [-0.2, 0) is 4.79 Å². The highest BCUT2D eigenvalue weighted by Gasteiger charge is 2.37. The molecule has 1 fully saturated rings. The number of ether oxygens (including phenoxy) is 1. The number of hydrogen-bond acceptors (Lipinski definition) is 6. The number of carbonyl (C=O) groups excluding carboxylic acids is 2. The number of carbonyl (C=O) groups is 2. The Hall–Kier alpha value is -3.23. The van der Waals surface area contributed by atoms with E-state index in [1.54, 1.807) is 54.6 Å². The van der Waals surface area contributed by atoms with E-state index >= 15 is 0 Å². The van der Waals surface area contributed by atoms with Crippen LogP contribution in [0.1, 0.15) is 48.0 Å². The molecule has 0 unspecified atom stereocenters. The molecule has 1 saturated carbocycles. The second-order valence-electron chi connectivity index (χ2n) is 8.23. The fourth-order valence-electron chi connectivity index (χ4n) is 4.11. The predicted molar refractivity (Wildman–Crippen MR) is 134 cm³/mol. The molecule has 5 rings (SSSR count). The van der Waals surface area contributed by atoms with E-state index in [1.165, 1.54) is 36.0 Å². The Labute approximate surface area is 206 Å². The molecular weight excluding hydrogens is 472 g/mol. The van der Waals surface area contributed by atoms with Crippen molar-refractivity contribution in [3.63, 3.8) is 0 Å². The first-order chi connectivity index (χ1) is 16.5. The van der Waals surface area contributed by atoms with E-state index in [9.17, 15) is 9.59 Å². The fraction of sp³-hybridized carbons (Fsp3) is 0.240. The van der Waals surface area contributed by atoms with Crippen molar-refractivity contribution in [1.82, 2.24) is 5.01 Å². The van der Waals surface area contributed by atoms with Gasteiger partial charge in [-0.15, -0.1) is 0 Å². The number of hydrazone groups is 1. The first kappa shape index (κ1) is 22.6. The minimum atomic E-state index is -0.555. The maximum absolute atomic E-state index is 12.7. The van der Waals surface area contributed by atoms with Gasteiger partial charge in [0, 0.05) is 5.92 Å². The molecular formula is C25H21ClN4O3S. The van der Waals surface area contributed by atoms with Crippen molar-refractivity contribution in [2.75, 3.05) is 0 Å². The van der Waals surface area contributed by atoms with Gasteiger partial charge in [0.1, 0.15) is 10.8 Å². The summed E-state index contributed by atoms with van der Waals surface area (Å²) in [5.41, 5.74) is 1.12. The molecule has 172 valence electrons. The third kappa shape index (κ3) is 4.56. The smallest absolute Gasteiger partial charge is 0.345 e. The Kier molecular flexibility index (Phi) is 6.34.